The number of carbonyl (C=O) groups excluding carboxylic acids is 1. The number of aromatic nitrogens is 3. The van der Waals surface area contributed by atoms with Crippen molar-refractivity contribution >= 4 is 11.6 Å². The molecule has 1 aliphatic rings. The number of hydrogen-bond acceptors (Lipinski definition) is 4. The van der Waals surface area contributed by atoms with E-state index in [1.54, 1.807) is 11.4 Å². The van der Waals surface area contributed by atoms with Gasteiger partial charge < -0.3 is 4.90 Å². The van der Waals surface area contributed by atoms with Crippen molar-refractivity contribution < 1.29 is 4.79 Å². The lowest BCUT2D eigenvalue weighted by Crippen LogP contribution is -2.47. The Morgan fingerprint density at radius 3 is 2.68 bits per heavy atom. The largest absolute Gasteiger partial charge is 0.340 e. The van der Waals surface area contributed by atoms with Gasteiger partial charge in [0.2, 0.25) is 5.91 Å². The van der Waals surface area contributed by atoms with Crippen molar-refractivity contribution in [2.75, 3.05) is 26.2 Å². The van der Waals surface area contributed by atoms with Crippen molar-refractivity contribution in [2.45, 2.75) is 13.5 Å². The van der Waals surface area contributed by atoms with Gasteiger partial charge in [0.05, 0.1) is 0 Å². The monoisotopic (exact) mass is 335 g/mol. The van der Waals surface area contributed by atoms with E-state index < -0.39 is 0 Å². The normalized spacial score (nSPS) is 15.6. The van der Waals surface area contributed by atoms with E-state index in [0.717, 1.165) is 49.8 Å². The predicted molar refractivity (Wildman–Crippen MR) is 96.0 cm³/mol. The Bertz CT molecular complexity index is 862. The van der Waals surface area contributed by atoms with Crippen LogP contribution in [-0.2, 0) is 11.3 Å². The van der Waals surface area contributed by atoms with Gasteiger partial charge in [-0.25, -0.2) is 9.50 Å². The maximum absolute atomic E-state index is 11.4. The third-order valence-electron chi connectivity index (χ3n) is 4.65. The van der Waals surface area contributed by atoms with Crippen LogP contribution >= 0.6 is 0 Å². The molecule has 25 heavy (non-hydrogen) atoms. The van der Waals surface area contributed by atoms with Gasteiger partial charge in [-0.15, -0.1) is 5.10 Å². The summed E-state index contributed by atoms with van der Waals surface area (Å²) in [6.07, 6.45) is 1.91. The highest BCUT2D eigenvalue weighted by Gasteiger charge is 2.18. The van der Waals surface area contributed by atoms with Crippen molar-refractivity contribution in [3.05, 3.63) is 54.2 Å². The van der Waals surface area contributed by atoms with Crippen molar-refractivity contribution in [2.24, 2.45) is 0 Å². The zero-order valence-electron chi connectivity index (χ0n) is 14.3. The molecular formula is C19H21N5O. The summed E-state index contributed by atoms with van der Waals surface area (Å²) in [5, 5.41) is 4.55. The maximum Gasteiger partial charge on any atom is 0.219 e. The van der Waals surface area contributed by atoms with E-state index in [4.69, 9.17) is 0 Å². The van der Waals surface area contributed by atoms with Crippen molar-refractivity contribution in [1.82, 2.24) is 24.4 Å². The quantitative estimate of drug-likeness (QED) is 0.735. The molecule has 0 bridgehead atoms. The van der Waals surface area contributed by atoms with E-state index in [1.807, 2.05) is 35.4 Å². The highest BCUT2D eigenvalue weighted by Crippen LogP contribution is 2.19. The Hall–Kier alpha value is -2.73. The Labute approximate surface area is 146 Å². The number of benzene rings is 1. The molecule has 128 valence electrons. The molecule has 0 spiro atoms. The van der Waals surface area contributed by atoms with Crippen LogP contribution in [0.25, 0.3) is 17.0 Å². The Morgan fingerprint density at radius 2 is 1.92 bits per heavy atom. The fraction of sp³-hybridized carbons (Fsp3) is 0.316. The van der Waals surface area contributed by atoms with Crippen LogP contribution in [0.4, 0.5) is 0 Å². The van der Waals surface area contributed by atoms with E-state index in [1.165, 1.54) is 5.56 Å². The molecule has 1 saturated heterocycles. The van der Waals surface area contributed by atoms with Crippen LogP contribution in [-0.4, -0.2) is 56.5 Å². The predicted octanol–water partition coefficient (Wildman–Crippen LogP) is 2.06. The van der Waals surface area contributed by atoms with Gasteiger partial charge in [0.15, 0.2) is 11.5 Å². The number of rotatable bonds is 3. The average molecular weight is 335 g/mol. The molecule has 0 atom stereocenters. The molecular weight excluding hydrogens is 314 g/mol. The first-order chi connectivity index (χ1) is 12.2. The number of nitrogens with zero attached hydrogens (tertiary/aromatic N) is 5. The van der Waals surface area contributed by atoms with Gasteiger partial charge >= 0.3 is 0 Å². The molecule has 6 nitrogen and oxygen atoms in total. The first kappa shape index (κ1) is 15.8. The molecule has 1 aromatic carbocycles. The van der Waals surface area contributed by atoms with Crippen LogP contribution in [0.2, 0.25) is 0 Å². The van der Waals surface area contributed by atoms with Crippen LogP contribution < -0.4 is 0 Å². The first-order valence-corrected chi connectivity index (χ1v) is 8.58. The lowest BCUT2D eigenvalue weighted by Gasteiger charge is -2.34. The number of fused-ring (bicyclic) bond motifs is 1. The molecule has 1 amide bonds. The zero-order valence-corrected chi connectivity index (χ0v) is 14.3. The lowest BCUT2D eigenvalue weighted by atomic mass is 10.1. The Balaban J connectivity index is 1.49. The smallest absolute Gasteiger partial charge is 0.219 e. The summed E-state index contributed by atoms with van der Waals surface area (Å²) in [6, 6.07) is 14.3. The second-order valence-corrected chi connectivity index (χ2v) is 6.42. The van der Waals surface area contributed by atoms with Gasteiger partial charge in [0, 0.05) is 51.4 Å². The molecule has 0 radical (unpaired) electrons. The summed E-state index contributed by atoms with van der Waals surface area (Å²) in [5.74, 6) is 0.911. The molecule has 1 aliphatic heterocycles. The van der Waals surface area contributed by atoms with Crippen LogP contribution in [0.1, 0.15) is 12.5 Å². The van der Waals surface area contributed by atoms with Gasteiger partial charge in [-0.2, -0.15) is 0 Å². The number of pyridine rings is 1. The number of amides is 1. The maximum atomic E-state index is 11.4. The van der Waals surface area contributed by atoms with Crippen LogP contribution in [0, 0.1) is 0 Å². The lowest BCUT2D eigenvalue weighted by molar-refractivity contribution is -0.130. The highest BCUT2D eigenvalue weighted by molar-refractivity contribution is 5.73. The second-order valence-electron chi connectivity index (χ2n) is 6.42. The van der Waals surface area contributed by atoms with E-state index >= 15 is 0 Å². The third-order valence-corrected chi connectivity index (χ3v) is 4.65. The van der Waals surface area contributed by atoms with Crippen LogP contribution in [0.5, 0.6) is 0 Å². The van der Waals surface area contributed by atoms with Gasteiger partial charge in [0.25, 0.3) is 0 Å². The van der Waals surface area contributed by atoms with Gasteiger partial charge in [-0.1, -0.05) is 24.3 Å². The topological polar surface area (TPSA) is 53.7 Å². The van der Waals surface area contributed by atoms with E-state index in [-0.39, 0.29) is 5.91 Å². The van der Waals surface area contributed by atoms with E-state index in [2.05, 4.69) is 33.2 Å². The minimum atomic E-state index is 0.166. The molecule has 0 saturated carbocycles. The van der Waals surface area contributed by atoms with Crippen molar-refractivity contribution in [3.8, 4) is 11.4 Å². The minimum absolute atomic E-state index is 0.166. The van der Waals surface area contributed by atoms with Crippen LogP contribution in [0.15, 0.2) is 48.7 Å². The Kier molecular flexibility index (Phi) is 4.19. The summed E-state index contributed by atoms with van der Waals surface area (Å²) >= 11 is 0. The van der Waals surface area contributed by atoms with Crippen LogP contribution in [0.3, 0.4) is 0 Å². The van der Waals surface area contributed by atoms with Gasteiger partial charge in [0.1, 0.15) is 0 Å². The summed E-state index contributed by atoms with van der Waals surface area (Å²) in [6.45, 7) is 5.97. The first-order valence-electron chi connectivity index (χ1n) is 8.58. The molecule has 4 rings (SSSR count). The highest BCUT2D eigenvalue weighted by atomic mass is 16.2. The molecule has 0 unspecified atom stereocenters. The van der Waals surface area contributed by atoms with Crippen molar-refractivity contribution in [3.63, 3.8) is 0 Å². The molecule has 2 aromatic heterocycles. The number of carbonyl (C=O) groups is 1. The standard InChI is InChI=1S/C19H21N5O/c1-15(25)23-11-9-22(10-12-23)14-16-5-4-6-17(13-16)19-20-18-7-2-3-8-24(18)21-19/h2-8,13H,9-12,14H2,1H3. The van der Waals surface area contributed by atoms with E-state index in [0.29, 0.717) is 0 Å². The van der Waals surface area contributed by atoms with Gasteiger partial charge in [-0.05, 0) is 23.8 Å². The minimum Gasteiger partial charge on any atom is -0.340 e. The summed E-state index contributed by atoms with van der Waals surface area (Å²) < 4.78 is 1.79. The average Bonchev–Trinajstić information content (AvgIpc) is 3.07. The van der Waals surface area contributed by atoms with Crippen molar-refractivity contribution in [1.29, 1.82) is 0 Å². The third kappa shape index (κ3) is 3.39. The molecule has 3 heterocycles. The fourth-order valence-corrected chi connectivity index (χ4v) is 3.24. The Morgan fingerprint density at radius 1 is 1.08 bits per heavy atom. The zero-order chi connectivity index (χ0) is 17.2. The van der Waals surface area contributed by atoms with Gasteiger partial charge in [-0.3, -0.25) is 9.69 Å². The SMILES string of the molecule is CC(=O)N1CCN(Cc2cccc(-c3nc4ccccn4n3)c2)CC1. The second kappa shape index (κ2) is 6.64. The molecule has 6 heteroatoms. The molecule has 3 aromatic rings. The molecule has 0 aliphatic carbocycles. The number of hydrogen-bond donors (Lipinski definition) is 0. The summed E-state index contributed by atoms with van der Waals surface area (Å²) in [7, 11) is 0. The molecule has 1 fully saturated rings. The fourth-order valence-electron chi connectivity index (χ4n) is 3.24. The summed E-state index contributed by atoms with van der Waals surface area (Å²) in [4.78, 5) is 20.3. The van der Waals surface area contributed by atoms with E-state index in [9.17, 15) is 4.79 Å². The number of piperazine rings is 1. The molecule has 0 N–H and O–H groups in total. The summed E-state index contributed by atoms with van der Waals surface area (Å²) in [5.41, 5.74) is 3.12.